The number of fused-ring (bicyclic) bond motifs is 1. The van der Waals surface area contributed by atoms with Gasteiger partial charge in [-0.3, -0.25) is 4.79 Å². The van der Waals surface area contributed by atoms with Crippen LogP contribution in [0.4, 0.5) is 5.69 Å². The van der Waals surface area contributed by atoms with E-state index in [9.17, 15) is 4.79 Å². The van der Waals surface area contributed by atoms with Gasteiger partial charge in [0.1, 0.15) is 5.01 Å². The van der Waals surface area contributed by atoms with Gasteiger partial charge in [0, 0.05) is 11.1 Å². The summed E-state index contributed by atoms with van der Waals surface area (Å²) < 4.78 is 1.07. The molecule has 0 atom stereocenters. The molecule has 0 aliphatic rings. The van der Waals surface area contributed by atoms with Crippen molar-refractivity contribution in [1.82, 2.24) is 4.98 Å². The van der Waals surface area contributed by atoms with E-state index in [4.69, 9.17) is 23.2 Å². The summed E-state index contributed by atoms with van der Waals surface area (Å²) in [7, 11) is 0. The van der Waals surface area contributed by atoms with Crippen LogP contribution >= 0.6 is 34.5 Å². The number of carbonyl (C=O) groups is 1. The lowest BCUT2D eigenvalue weighted by Crippen LogP contribution is -2.12. The molecule has 4 aromatic rings. The van der Waals surface area contributed by atoms with Crippen LogP contribution in [0.2, 0.25) is 10.0 Å². The van der Waals surface area contributed by atoms with E-state index < -0.39 is 0 Å². The highest BCUT2D eigenvalue weighted by Crippen LogP contribution is 2.39. The fourth-order valence-corrected chi connectivity index (χ4v) is 4.45. The van der Waals surface area contributed by atoms with E-state index in [1.54, 1.807) is 23.5 Å². The second kappa shape index (κ2) is 7.92. The van der Waals surface area contributed by atoms with Gasteiger partial charge < -0.3 is 5.32 Å². The second-order valence-corrected chi connectivity index (χ2v) is 8.15. The zero-order valence-corrected chi connectivity index (χ0v) is 17.3. The van der Waals surface area contributed by atoms with Crippen molar-refractivity contribution in [3.05, 3.63) is 81.8 Å². The fourth-order valence-electron chi connectivity index (χ4n) is 2.88. The molecule has 0 saturated heterocycles. The van der Waals surface area contributed by atoms with E-state index >= 15 is 0 Å². The number of carbonyl (C=O) groups excluding carboxylic acids is 1. The Bertz CT molecular complexity index is 1140. The Labute approximate surface area is 177 Å². The summed E-state index contributed by atoms with van der Waals surface area (Å²) in [6, 6.07) is 18.8. The minimum Gasteiger partial charge on any atom is -0.321 e. The first-order valence-electron chi connectivity index (χ1n) is 8.80. The Kier molecular flexibility index (Phi) is 5.36. The smallest absolute Gasteiger partial charge is 0.255 e. The number of hydrogen-bond acceptors (Lipinski definition) is 3. The third-order valence-electron chi connectivity index (χ3n) is 4.45. The van der Waals surface area contributed by atoms with Gasteiger partial charge in [0.2, 0.25) is 0 Å². The van der Waals surface area contributed by atoms with Crippen molar-refractivity contribution in [1.29, 1.82) is 0 Å². The molecule has 0 radical (unpaired) electrons. The molecule has 0 fully saturated rings. The molecular weight excluding hydrogens is 411 g/mol. The molecule has 1 amide bonds. The molecule has 3 nitrogen and oxygen atoms in total. The summed E-state index contributed by atoms with van der Waals surface area (Å²) in [6.07, 6.45) is 0.927. The van der Waals surface area contributed by atoms with Crippen molar-refractivity contribution in [3.63, 3.8) is 0 Å². The topological polar surface area (TPSA) is 42.0 Å². The minimum absolute atomic E-state index is 0.220. The maximum atomic E-state index is 12.6. The zero-order valence-electron chi connectivity index (χ0n) is 15.0. The number of para-hydroxylation sites is 1. The number of aromatic nitrogens is 1. The average molecular weight is 427 g/mol. The summed E-state index contributed by atoms with van der Waals surface area (Å²) in [6.45, 7) is 2.08. The lowest BCUT2D eigenvalue weighted by atomic mass is 10.1. The molecule has 28 heavy (non-hydrogen) atoms. The van der Waals surface area contributed by atoms with Gasteiger partial charge >= 0.3 is 0 Å². The van der Waals surface area contributed by atoms with Crippen molar-refractivity contribution >= 4 is 56.3 Å². The molecule has 140 valence electrons. The van der Waals surface area contributed by atoms with Crippen LogP contribution in [-0.2, 0) is 6.42 Å². The molecule has 6 heteroatoms. The van der Waals surface area contributed by atoms with Gasteiger partial charge in [0.25, 0.3) is 5.91 Å². The third-order valence-corrected chi connectivity index (χ3v) is 6.15. The molecule has 1 aromatic heterocycles. The van der Waals surface area contributed by atoms with Crippen LogP contribution in [0.15, 0.2) is 60.7 Å². The van der Waals surface area contributed by atoms with Gasteiger partial charge in [-0.2, -0.15) is 0 Å². The van der Waals surface area contributed by atoms with E-state index in [2.05, 4.69) is 17.2 Å². The van der Waals surface area contributed by atoms with Crippen LogP contribution in [0, 0.1) is 0 Å². The molecular formula is C22H16Cl2N2OS. The third kappa shape index (κ3) is 3.76. The molecule has 1 N–H and O–H groups in total. The number of rotatable bonds is 4. The summed E-state index contributed by atoms with van der Waals surface area (Å²) in [5, 5.41) is 4.54. The number of anilines is 1. The van der Waals surface area contributed by atoms with E-state index in [1.165, 1.54) is 5.56 Å². The van der Waals surface area contributed by atoms with Gasteiger partial charge in [-0.1, -0.05) is 54.4 Å². The average Bonchev–Trinajstić information content (AvgIpc) is 3.14. The summed E-state index contributed by atoms with van der Waals surface area (Å²) in [4.78, 5) is 17.3. The highest BCUT2D eigenvalue weighted by atomic mass is 35.5. The van der Waals surface area contributed by atoms with Crippen LogP contribution in [0.25, 0.3) is 20.8 Å². The van der Waals surface area contributed by atoms with Crippen LogP contribution in [0.3, 0.4) is 0 Å². The Morgan fingerprint density at radius 2 is 1.79 bits per heavy atom. The van der Waals surface area contributed by atoms with Crippen molar-refractivity contribution < 1.29 is 4.79 Å². The molecule has 0 saturated carbocycles. The van der Waals surface area contributed by atoms with Gasteiger partial charge in [-0.15, -0.1) is 11.3 Å². The first-order valence-corrected chi connectivity index (χ1v) is 10.4. The van der Waals surface area contributed by atoms with Crippen LogP contribution in [0.1, 0.15) is 22.8 Å². The van der Waals surface area contributed by atoms with Crippen molar-refractivity contribution in [2.75, 3.05) is 5.32 Å². The molecule has 0 aliphatic heterocycles. The summed E-state index contributed by atoms with van der Waals surface area (Å²) in [5.41, 5.74) is 3.91. The van der Waals surface area contributed by atoms with Gasteiger partial charge in [0.05, 0.1) is 25.9 Å². The molecule has 0 unspecified atom stereocenters. The van der Waals surface area contributed by atoms with Gasteiger partial charge in [-0.05, 0) is 48.4 Å². The van der Waals surface area contributed by atoms with E-state index in [0.717, 1.165) is 27.2 Å². The predicted molar refractivity (Wildman–Crippen MR) is 119 cm³/mol. The minimum atomic E-state index is -0.220. The quantitative estimate of drug-likeness (QED) is 0.378. The summed E-state index contributed by atoms with van der Waals surface area (Å²) >= 11 is 14.3. The standard InChI is InChI=1S/C22H16Cl2N2OS/c1-2-13-7-9-14(10-8-13)21(27)25-19-11-15(16(23)12-17(19)24)22-26-18-5-3-4-6-20(18)28-22/h3-12H,2H2,1H3,(H,25,27). The number of amides is 1. The van der Waals surface area contributed by atoms with Crippen LogP contribution < -0.4 is 5.32 Å². The van der Waals surface area contributed by atoms with Crippen LogP contribution in [0.5, 0.6) is 0 Å². The second-order valence-electron chi connectivity index (χ2n) is 6.30. The number of thiazole rings is 1. The van der Waals surface area contributed by atoms with Crippen molar-refractivity contribution in [2.24, 2.45) is 0 Å². The SMILES string of the molecule is CCc1ccc(C(=O)Nc2cc(-c3nc4ccccc4s3)c(Cl)cc2Cl)cc1. The predicted octanol–water partition coefficient (Wildman–Crippen LogP) is 7.08. The first kappa shape index (κ1) is 18.9. The van der Waals surface area contributed by atoms with E-state index in [0.29, 0.717) is 21.3 Å². The maximum Gasteiger partial charge on any atom is 0.255 e. The number of benzene rings is 3. The normalized spacial score (nSPS) is 11.0. The zero-order chi connectivity index (χ0) is 19.7. The van der Waals surface area contributed by atoms with Crippen LogP contribution in [-0.4, -0.2) is 10.9 Å². The lowest BCUT2D eigenvalue weighted by Gasteiger charge is -2.11. The number of halogens is 2. The Balaban J connectivity index is 1.67. The maximum absolute atomic E-state index is 12.6. The number of hydrogen-bond donors (Lipinski definition) is 1. The molecule has 0 aliphatic carbocycles. The fraction of sp³-hybridized carbons (Fsp3) is 0.0909. The van der Waals surface area contributed by atoms with E-state index in [-0.39, 0.29) is 5.91 Å². The Hall–Kier alpha value is -2.40. The number of nitrogens with zero attached hydrogens (tertiary/aromatic N) is 1. The Morgan fingerprint density at radius 1 is 1.04 bits per heavy atom. The van der Waals surface area contributed by atoms with E-state index in [1.807, 2.05) is 48.5 Å². The lowest BCUT2D eigenvalue weighted by molar-refractivity contribution is 0.102. The van der Waals surface area contributed by atoms with Gasteiger partial charge in [0.15, 0.2) is 0 Å². The highest BCUT2D eigenvalue weighted by Gasteiger charge is 2.15. The molecule has 4 rings (SSSR count). The largest absolute Gasteiger partial charge is 0.321 e. The molecule has 3 aromatic carbocycles. The van der Waals surface area contributed by atoms with Gasteiger partial charge in [-0.25, -0.2) is 4.98 Å². The molecule has 0 bridgehead atoms. The first-order chi connectivity index (χ1) is 13.5. The number of aryl methyl sites for hydroxylation is 1. The number of nitrogens with one attached hydrogen (secondary N) is 1. The summed E-state index contributed by atoms with van der Waals surface area (Å²) in [5.74, 6) is -0.220. The highest BCUT2D eigenvalue weighted by molar-refractivity contribution is 7.21. The monoisotopic (exact) mass is 426 g/mol. The Morgan fingerprint density at radius 3 is 2.50 bits per heavy atom. The molecule has 0 spiro atoms. The molecule has 1 heterocycles. The van der Waals surface area contributed by atoms with Crippen molar-refractivity contribution in [2.45, 2.75) is 13.3 Å². The van der Waals surface area contributed by atoms with Crippen molar-refractivity contribution in [3.8, 4) is 10.6 Å².